The molecule has 1 heterocycles. The molecule has 0 aliphatic heterocycles. The normalized spacial score (nSPS) is 13.1. The largest absolute Gasteiger partial charge is 0.318 e. The van der Waals surface area contributed by atoms with E-state index in [1.165, 1.54) is 5.56 Å². The number of nitrogens with one attached hydrogen (secondary N) is 2. The molecule has 0 aromatic carbocycles. The van der Waals surface area contributed by atoms with Gasteiger partial charge in [-0.1, -0.05) is 0 Å². The Bertz CT molecular complexity index is 280. The molecule has 14 heavy (non-hydrogen) atoms. The zero-order valence-corrected chi connectivity index (χ0v) is 9.46. The van der Waals surface area contributed by atoms with Crippen molar-refractivity contribution >= 4 is 0 Å². The number of hydrogen-bond donors (Lipinski definition) is 2. The molecule has 4 heteroatoms. The summed E-state index contributed by atoms with van der Waals surface area (Å²) < 4.78 is 1.86. The Morgan fingerprint density at radius 1 is 1.57 bits per heavy atom. The predicted molar refractivity (Wildman–Crippen MR) is 58.2 cm³/mol. The molecule has 0 fully saturated rings. The maximum Gasteiger partial charge on any atom is 0.0638 e. The Labute approximate surface area is 85.7 Å². The van der Waals surface area contributed by atoms with Crippen LogP contribution in [0.25, 0.3) is 0 Å². The lowest BCUT2D eigenvalue weighted by Crippen LogP contribution is -2.34. The van der Waals surface area contributed by atoms with Gasteiger partial charge in [0.25, 0.3) is 0 Å². The number of nitrogens with zero attached hydrogens (tertiary/aromatic N) is 2. The molecule has 0 bridgehead atoms. The van der Waals surface area contributed by atoms with Crippen LogP contribution in [0.1, 0.15) is 18.2 Å². The van der Waals surface area contributed by atoms with E-state index in [0.717, 1.165) is 18.8 Å². The molecule has 0 aliphatic rings. The highest BCUT2D eigenvalue weighted by molar-refractivity contribution is 5.14. The van der Waals surface area contributed by atoms with Crippen LogP contribution in [-0.4, -0.2) is 29.4 Å². The van der Waals surface area contributed by atoms with Crippen LogP contribution in [0.5, 0.6) is 0 Å². The van der Waals surface area contributed by atoms with E-state index in [1.54, 1.807) is 0 Å². The van der Waals surface area contributed by atoms with Crippen LogP contribution in [-0.2, 0) is 13.6 Å². The first-order valence-corrected chi connectivity index (χ1v) is 5.00. The fraction of sp³-hybridized carbons (Fsp3) is 0.700. The molecule has 1 rings (SSSR count). The Balaban J connectivity index is 2.41. The molecule has 0 radical (unpaired) electrons. The molecule has 0 amide bonds. The van der Waals surface area contributed by atoms with E-state index >= 15 is 0 Å². The van der Waals surface area contributed by atoms with Crippen LogP contribution in [0.4, 0.5) is 0 Å². The monoisotopic (exact) mass is 196 g/mol. The highest BCUT2D eigenvalue weighted by atomic mass is 15.2. The molecular weight excluding hydrogens is 176 g/mol. The number of rotatable bonds is 5. The van der Waals surface area contributed by atoms with Gasteiger partial charge in [-0.3, -0.25) is 4.68 Å². The number of aryl methyl sites for hydroxylation is 2. The van der Waals surface area contributed by atoms with Crippen molar-refractivity contribution in [2.24, 2.45) is 7.05 Å². The van der Waals surface area contributed by atoms with Gasteiger partial charge in [0.1, 0.15) is 0 Å². The third-order valence-electron chi connectivity index (χ3n) is 2.27. The lowest BCUT2D eigenvalue weighted by atomic mass is 10.2. The average Bonchev–Trinajstić information content (AvgIpc) is 2.42. The molecule has 1 aromatic rings. The Morgan fingerprint density at radius 3 is 2.79 bits per heavy atom. The van der Waals surface area contributed by atoms with Gasteiger partial charge in [-0.25, -0.2) is 0 Å². The van der Waals surface area contributed by atoms with E-state index in [2.05, 4.69) is 28.9 Å². The molecule has 1 aromatic heterocycles. The molecule has 0 saturated carbocycles. The number of aromatic nitrogens is 2. The second-order valence-corrected chi connectivity index (χ2v) is 3.75. The minimum Gasteiger partial charge on any atom is -0.318 e. The molecule has 2 N–H and O–H groups in total. The van der Waals surface area contributed by atoms with Crippen molar-refractivity contribution < 1.29 is 0 Å². The zero-order chi connectivity index (χ0) is 10.6. The van der Waals surface area contributed by atoms with Crippen LogP contribution >= 0.6 is 0 Å². The summed E-state index contributed by atoms with van der Waals surface area (Å²) in [6.45, 7) is 6.09. The van der Waals surface area contributed by atoms with Crippen molar-refractivity contribution in [1.82, 2.24) is 20.4 Å². The zero-order valence-electron chi connectivity index (χ0n) is 9.46. The third kappa shape index (κ3) is 3.12. The lowest BCUT2D eigenvalue weighted by molar-refractivity contribution is 0.522. The first kappa shape index (κ1) is 11.2. The standard InChI is InChI=1S/C10H20N4/c1-8(5-11-3)12-6-10-7-14(4)13-9(10)2/h7-8,11-12H,5-6H2,1-4H3. The quantitative estimate of drug-likeness (QED) is 0.717. The van der Waals surface area contributed by atoms with Gasteiger partial charge in [0.15, 0.2) is 0 Å². The van der Waals surface area contributed by atoms with Crippen molar-refractivity contribution in [2.75, 3.05) is 13.6 Å². The van der Waals surface area contributed by atoms with E-state index < -0.39 is 0 Å². The van der Waals surface area contributed by atoms with Crippen LogP contribution < -0.4 is 10.6 Å². The van der Waals surface area contributed by atoms with Crippen molar-refractivity contribution in [3.63, 3.8) is 0 Å². The summed E-state index contributed by atoms with van der Waals surface area (Å²) >= 11 is 0. The lowest BCUT2D eigenvalue weighted by Gasteiger charge is -2.12. The van der Waals surface area contributed by atoms with Gasteiger partial charge in [0, 0.05) is 37.9 Å². The van der Waals surface area contributed by atoms with Gasteiger partial charge in [-0.2, -0.15) is 5.10 Å². The first-order valence-electron chi connectivity index (χ1n) is 5.00. The summed E-state index contributed by atoms with van der Waals surface area (Å²) in [7, 11) is 3.92. The van der Waals surface area contributed by atoms with E-state index in [9.17, 15) is 0 Å². The summed E-state index contributed by atoms with van der Waals surface area (Å²) in [6.07, 6.45) is 2.06. The van der Waals surface area contributed by atoms with Crippen LogP contribution in [0.2, 0.25) is 0 Å². The van der Waals surface area contributed by atoms with Crippen molar-refractivity contribution in [1.29, 1.82) is 0 Å². The summed E-state index contributed by atoms with van der Waals surface area (Å²) in [5.41, 5.74) is 2.38. The molecular formula is C10H20N4. The van der Waals surface area contributed by atoms with Gasteiger partial charge < -0.3 is 10.6 Å². The fourth-order valence-corrected chi connectivity index (χ4v) is 1.48. The summed E-state index contributed by atoms with van der Waals surface area (Å²) in [4.78, 5) is 0. The van der Waals surface area contributed by atoms with E-state index in [0.29, 0.717) is 6.04 Å². The van der Waals surface area contributed by atoms with Gasteiger partial charge in [-0.15, -0.1) is 0 Å². The maximum absolute atomic E-state index is 4.30. The minimum absolute atomic E-state index is 0.486. The fourth-order valence-electron chi connectivity index (χ4n) is 1.48. The highest BCUT2D eigenvalue weighted by Gasteiger charge is 2.04. The Morgan fingerprint density at radius 2 is 2.29 bits per heavy atom. The van der Waals surface area contributed by atoms with Crippen LogP contribution in [0, 0.1) is 6.92 Å². The molecule has 80 valence electrons. The number of hydrogen-bond acceptors (Lipinski definition) is 3. The van der Waals surface area contributed by atoms with E-state index in [-0.39, 0.29) is 0 Å². The molecule has 1 atom stereocenters. The minimum atomic E-state index is 0.486. The SMILES string of the molecule is CNCC(C)NCc1cn(C)nc1C. The average molecular weight is 196 g/mol. The maximum atomic E-state index is 4.30. The molecule has 1 unspecified atom stereocenters. The van der Waals surface area contributed by atoms with Crippen molar-refractivity contribution in [3.8, 4) is 0 Å². The van der Waals surface area contributed by atoms with Crippen LogP contribution in [0.3, 0.4) is 0 Å². The topological polar surface area (TPSA) is 41.9 Å². The second kappa shape index (κ2) is 5.12. The van der Waals surface area contributed by atoms with Gasteiger partial charge in [0.2, 0.25) is 0 Å². The second-order valence-electron chi connectivity index (χ2n) is 3.75. The summed E-state index contributed by atoms with van der Waals surface area (Å²) in [6, 6.07) is 0.486. The van der Waals surface area contributed by atoms with E-state index in [4.69, 9.17) is 0 Å². The van der Waals surface area contributed by atoms with Crippen LogP contribution in [0.15, 0.2) is 6.20 Å². The smallest absolute Gasteiger partial charge is 0.0638 e. The first-order chi connectivity index (χ1) is 6.63. The highest BCUT2D eigenvalue weighted by Crippen LogP contribution is 2.03. The third-order valence-corrected chi connectivity index (χ3v) is 2.27. The Kier molecular flexibility index (Phi) is 4.10. The van der Waals surface area contributed by atoms with Gasteiger partial charge >= 0.3 is 0 Å². The molecule has 0 spiro atoms. The van der Waals surface area contributed by atoms with E-state index in [1.807, 2.05) is 25.7 Å². The molecule has 0 saturated heterocycles. The summed E-state index contributed by atoms with van der Waals surface area (Å²) in [5.74, 6) is 0. The van der Waals surface area contributed by atoms with Crippen molar-refractivity contribution in [3.05, 3.63) is 17.5 Å². The van der Waals surface area contributed by atoms with Gasteiger partial charge in [-0.05, 0) is 20.9 Å². The molecule has 4 nitrogen and oxygen atoms in total. The Hall–Kier alpha value is -0.870. The predicted octanol–water partition coefficient (Wildman–Crippen LogP) is 0.426. The summed E-state index contributed by atoms with van der Waals surface area (Å²) in [5, 5.41) is 10.9. The van der Waals surface area contributed by atoms with Crippen molar-refractivity contribution in [2.45, 2.75) is 26.4 Å². The number of likely N-dealkylation sites (N-methyl/N-ethyl adjacent to an activating group) is 1. The molecule has 0 aliphatic carbocycles. The van der Waals surface area contributed by atoms with Gasteiger partial charge in [0.05, 0.1) is 5.69 Å².